The minimum atomic E-state index is -0.326. The molecular formula is C19H22N4O3S. The summed E-state index contributed by atoms with van der Waals surface area (Å²) in [6.07, 6.45) is 5.55. The van der Waals surface area contributed by atoms with Gasteiger partial charge in [-0.1, -0.05) is 42.1 Å². The molecule has 1 aromatic heterocycles. The first kappa shape index (κ1) is 19.2. The van der Waals surface area contributed by atoms with Gasteiger partial charge in [0.15, 0.2) is 11.4 Å². The molecule has 0 aliphatic carbocycles. The lowest BCUT2D eigenvalue weighted by molar-refractivity contribution is 0.0874. The molecule has 142 valence electrons. The highest BCUT2D eigenvalue weighted by Crippen LogP contribution is 2.20. The molecule has 27 heavy (non-hydrogen) atoms. The maximum absolute atomic E-state index is 12.4. The Morgan fingerprint density at radius 3 is 2.96 bits per heavy atom. The van der Waals surface area contributed by atoms with E-state index in [4.69, 9.17) is 4.74 Å². The van der Waals surface area contributed by atoms with E-state index in [9.17, 15) is 9.59 Å². The lowest BCUT2D eigenvalue weighted by Gasteiger charge is -2.33. The topological polar surface area (TPSA) is 84.4 Å². The number of rotatable bonds is 6. The summed E-state index contributed by atoms with van der Waals surface area (Å²) < 4.78 is 5.42. The standard InChI is InChI=1S/C19H22N4O3S/c1-27-18-20-10-15(12-24)17(22-18)21-16-8-5-9-23(11-16)19(25)26-13-14-6-3-2-4-7-14/h2-4,6-7,10,12,16H,5,8-9,11,13H2,1H3,(H,20,21,22)/t16-/m1/s1. The van der Waals surface area contributed by atoms with E-state index in [1.807, 2.05) is 36.6 Å². The number of nitrogens with one attached hydrogen (secondary N) is 1. The highest BCUT2D eigenvalue weighted by atomic mass is 32.2. The molecule has 1 aliphatic heterocycles. The van der Waals surface area contributed by atoms with Crippen molar-refractivity contribution in [3.63, 3.8) is 0 Å². The minimum absolute atomic E-state index is 0.00586. The predicted octanol–water partition coefficient (Wildman–Crippen LogP) is 3.22. The van der Waals surface area contributed by atoms with Crippen LogP contribution in [-0.4, -0.2) is 52.6 Å². The van der Waals surface area contributed by atoms with Crippen molar-refractivity contribution in [2.75, 3.05) is 24.7 Å². The van der Waals surface area contributed by atoms with Crippen LogP contribution in [0.15, 0.2) is 41.7 Å². The Hall–Kier alpha value is -2.61. The zero-order valence-electron chi connectivity index (χ0n) is 15.1. The first-order chi connectivity index (χ1) is 13.2. The van der Waals surface area contributed by atoms with E-state index in [-0.39, 0.29) is 18.7 Å². The van der Waals surface area contributed by atoms with Crippen molar-refractivity contribution in [3.8, 4) is 0 Å². The molecular weight excluding hydrogens is 364 g/mol. The molecule has 2 heterocycles. The largest absolute Gasteiger partial charge is 0.445 e. The number of thioether (sulfide) groups is 1. The van der Waals surface area contributed by atoms with Crippen LogP contribution in [0.3, 0.4) is 0 Å². The summed E-state index contributed by atoms with van der Waals surface area (Å²) in [6.45, 7) is 1.42. The fourth-order valence-electron chi connectivity index (χ4n) is 2.94. The van der Waals surface area contributed by atoms with Gasteiger partial charge in [0.1, 0.15) is 12.4 Å². The van der Waals surface area contributed by atoms with Crippen molar-refractivity contribution in [2.24, 2.45) is 0 Å². The van der Waals surface area contributed by atoms with Gasteiger partial charge in [0, 0.05) is 25.3 Å². The summed E-state index contributed by atoms with van der Waals surface area (Å²) in [5, 5.41) is 3.88. The molecule has 0 saturated carbocycles. The Kier molecular flexibility index (Phi) is 6.64. The first-order valence-corrected chi connectivity index (χ1v) is 10.0. The number of aromatic nitrogens is 2. The molecule has 1 atom stereocenters. The van der Waals surface area contributed by atoms with Crippen LogP contribution in [-0.2, 0) is 11.3 Å². The van der Waals surface area contributed by atoms with Gasteiger partial charge in [-0.3, -0.25) is 4.79 Å². The van der Waals surface area contributed by atoms with Crippen LogP contribution in [0.25, 0.3) is 0 Å². The number of anilines is 1. The monoisotopic (exact) mass is 386 g/mol. The number of hydrogen-bond donors (Lipinski definition) is 1. The highest BCUT2D eigenvalue weighted by molar-refractivity contribution is 7.98. The third-order valence-electron chi connectivity index (χ3n) is 4.33. The van der Waals surface area contributed by atoms with Crippen molar-refractivity contribution in [3.05, 3.63) is 47.7 Å². The van der Waals surface area contributed by atoms with Gasteiger partial charge in [-0.05, 0) is 24.7 Å². The van der Waals surface area contributed by atoms with Gasteiger partial charge in [0.05, 0.1) is 5.56 Å². The van der Waals surface area contributed by atoms with Gasteiger partial charge in [-0.2, -0.15) is 0 Å². The Morgan fingerprint density at radius 2 is 2.22 bits per heavy atom. The smallest absolute Gasteiger partial charge is 0.410 e. The zero-order chi connectivity index (χ0) is 19.1. The highest BCUT2D eigenvalue weighted by Gasteiger charge is 2.25. The van der Waals surface area contributed by atoms with Crippen molar-refractivity contribution >= 4 is 30.0 Å². The van der Waals surface area contributed by atoms with Gasteiger partial charge in [-0.15, -0.1) is 0 Å². The van der Waals surface area contributed by atoms with Crippen LogP contribution in [0.2, 0.25) is 0 Å². The van der Waals surface area contributed by atoms with E-state index in [2.05, 4.69) is 15.3 Å². The summed E-state index contributed by atoms with van der Waals surface area (Å²) in [5.41, 5.74) is 1.37. The number of likely N-dealkylation sites (tertiary alicyclic amines) is 1. The Balaban J connectivity index is 1.59. The SMILES string of the molecule is CSc1ncc(C=O)c(N[C@@H]2CCCN(C(=O)OCc3ccccc3)C2)n1. The van der Waals surface area contributed by atoms with Gasteiger partial charge >= 0.3 is 6.09 Å². The van der Waals surface area contributed by atoms with Crippen LogP contribution in [0, 0.1) is 0 Å². The number of piperidine rings is 1. The molecule has 3 rings (SSSR count). The van der Waals surface area contributed by atoms with Crippen LogP contribution in [0.4, 0.5) is 10.6 Å². The maximum Gasteiger partial charge on any atom is 0.410 e. The van der Waals surface area contributed by atoms with Crippen LogP contribution in [0.5, 0.6) is 0 Å². The number of carbonyl (C=O) groups excluding carboxylic acids is 2. The number of nitrogens with zero attached hydrogens (tertiary/aromatic N) is 3. The molecule has 1 amide bonds. The zero-order valence-corrected chi connectivity index (χ0v) is 15.9. The summed E-state index contributed by atoms with van der Waals surface area (Å²) in [6, 6.07) is 9.61. The molecule has 8 heteroatoms. The van der Waals surface area contributed by atoms with Crippen LogP contribution >= 0.6 is 11.8 Å². The third kappa shape index (κ3) is 5.19. The average Bonchev–Trinajstić information content (AvgIpc) is 2.73. The van der Waals surface area contributed by atoms with Gasteiger partial charge in [0.25, 0.3) is 0 Å². The second-order valence-electron chi connectivity index (χ2n) is 6.25. The summed E-state index contributed by atoms with van der Waals surface area (Å²) in [5.74, 6) is 0.508. The lowest BCUT2D eigenvalue weighted by atomic mass is 10.1. The van der Waals surface area contributed by atoms with E-state index >= 15 is 0 Å². The number of ether oxygens (including phenoxy) is 1. The summed E-state index contributed by atoms with van der Waals surface area (Å²) >= 11 is 1.41. The van der Waals surface area contributed by atoms with Crippen LogP contribution in [0.1, 0.15) is 28.8 Å². The molecule has 0 bridgehead atoms. The molecule has 1 N–H and O–H groups in total. The number of aldehydes is 1. The van der Waals surface area contributed by atoms with E-state index in [1.165, 1.54) is 18.0 Å². The van der Waals surface area contributed by atoms with Gasteiger partial charge in [0.2, 0.25) is 0 Å². The summed E-state index contributed by atoms with van der Waals surface area (Å²) in [7, 11) is 0. The predicted molar refractivity (Wildman–Crippen MR) is 104 cm³/mol. The van der Waals surface area contributed by atoms with Gasteiger partial charge < -0.3 is 15.0 Å². The average molecular weight is 386 g/mol. The van der Waals surface area contributed by atoms with E-state index in [1.54, 1.807) is 4.90 Å². The van der Waals surface area contributed by atoms with Crippen molar-refractivity contribution < 1.29 is 14.3 Å². The number of hydrogen-bond acceptors (Lipinski definition) is 7. The second-order valence-corrected chi connectivity index (χ2v) is 7.02. The molecule has 0 radical (unpaired) electrons. The fourth-order valence-corrected chi connectivity index (χ4v) is 3.28. The Bertz CT molecular complexity index is 788. The normalized spacial score (nSPS) is 16.6. The van der Waals surface area contributed by atoms with Crippen molar-refractivity contribution in [2.45, 2.75) is 30.6 Å². The van der Waals surface area contributed by atoms with E-state index in [0.717, 1.165) is 24.7 Å². The van der Waals surface area contributed by atoms with Crippen LogP contribution < -0.4 is 5.32 Å². The first-order valence-electron chi connectivity index (χ1n) is 8.78. The second kappa shape index (κ2) is 9.36. The molecule has 0 unspecified atom stereocenters. The molecule has 7 nitrogen and oxygen atoms in total. The van der Waals surface area contributed by atoms with Gasteiger partial charge in [-0.25, -0.2) is 14.8 Å². The molecule has 0 spiro atoms. The molecule has 2 aromatic rings. The van der Waals surface area contributed by atoms with Crippen molar-refractivity contribution in [1.82, 2.24) is 14.9 Å². The number of carbonyl (C=O) groups is 2. The maximum atomic E-state index is 12.4. The third-order valence-corrected chi connectivity index (χ3v) is 4.89. The Morgan fingerprint density at radius 1 is 1.41 bits per heavy atom. The lowest BCUT2D eigenvalue weighted by Crippen LogP contribution is -2.45. The molecule has 1 saturated heterocycles. The summed E-state index contributed by atoms with van der Waals surface area (Å²) in [4.78, 5) is 33.8. The van der Waals surface area contributed by atoms with Crippen molar-refractivity contribution in [1.29, 1.82) is 0 Å². The molecule has 1 aliphatic rings. The number of benzene rings is 1. The van der Waals surface area contributed by atoms with E-state index in [0.29, 0.717) is 29.6 Å². The van der Waals surface area contributed by atoms with E-state index < -0.39 is 0 Å². The quantitative estimate of drug-likeness (QED) is 0.463. The molecule has 1 fully saturated rings. The Labute approximate surface area is 162 Å². The molecule has 1 aromatic carbocycles. The fraction of sp³-hybridized carbons (Fsp3) is 0.368. The number of amides is 1. The minimum Gasteiger partial charge on any atom is -0.445 e.